The van der Waals surface area contributed by atoms with E-state index in [2.05, 4.69) is 6.92 Å². The molecule has 10 heavy (non-hydrogen) atoms. The zero-order chi connectivity index (χ0) is 7.98. The first kappa shape index (κ1) is 9.63. The summed E-state index contributed by atoms with van der Waals surface area (Å²) < 4.78 is 5.28. The van der Waals surface area contributed by atoms with Gasteiger partial charge in [0.2, 0.25) is 0 Å². The van der Waals surface area contributed by atoms with Gasteiger partial charge in [-0.3, -0.25) is 4.79 Å². The SMILES string of the molecule is CCCOC(C)CC(C)=O. The van der Waals surface area contributed by atoms with Crippen molar-refractivity contribution in [1.29, 1.82) is 0 Å². The number of ether oxygens (including phenoxy) is 1. The average molecular weight is 144 g/mol. The van der Waals surface area contributed by atoms with Gasteiger partial charge in [0.1, 0.15) is 5.78 Å². The summed E-state index contributed by atoms with van der Waals surface area (Å²) in [6, 6.07) is 0. The van der Waals surface area contributed by atoms with E-state index in [1.807, 2.05) is 6.92 Å². The zero-order valence-electron chi connectivity index (χ0n) is 7.02. The summed E-state index contributed by atoms with van der Waals surface area (Å²) in [7, 11) is 0. The molecule has 0 radical (unpaired) electrons. The van der Waals surface area contributed by atoms with Gasteiger partial charge in [0, 0.05) is 13.0 Å². The standard InChI is InChI=1S/C8H16O2/c1-4-5-10-8(3)6-7(2)9/h8H,4-6H2,1-3H3. The normalized spacial score (nSPS) is 13.1. The highest BCUT2D eigenvalue weighted by atomic mass is 16.5. The Kier molecular flexibility index (Phi) is 5.22. The molecule has 1 unspecified atom stereocenters. The van der Waals surface area contributed by atoms with Gasteiger partial charge in [-0.1, -0.05) is 6.92 Å². The lowest BCUT2D eigenvalue weighted by Crippen LogP contribution is -2.12. The molecule has 0 amide bonds. The van der Waals surface area contributed by atoms with E-state index in [-0.39, 0.29) is 11.9 Å². The number of rotatable bonds is 5. The second-order valence-corrected chi connectivity index (χ2v) is 2.59. The van der Waals surface area contributed by atoms with Crippen LogP contribution in [0, 0.1) is 0 Å². The molecule has 0 aliphatic heterocycles. The van der Waals surface area contributed by atoms with Crippen molar-refractivity contribution in [3.8, 4) is 0 Å². The number of Topliss-reactive ketones (excluding diaryl/α,β-unsaturated/α-hetero) is 1. The number of ketones is 1. The molecule has 2 heteroatoms. The summed E-state index contributed by atoms with van der Waals surface area (Å²) in [5.74, 6) is 0.198. The van der Waals surface area contributed by atoms with Crippen molar-refractivity contribution in [2.24, 2.45) is 0 Å². The van der Waals surface area contributed by atoms with E-state index >= 15 is 0 Å². The van der Waals surface area contributed by atoms with E-state index in [1.54, 1.807) is 6.92 Å². The molecule has 0 aromatic carbocycles. The molecule has 0 saturated carbocycles. The minimum absolute atomic E-state index is 0.0949. The second kappa shape index (κ2) is 5.42. The molecule has 0 saturated heterocycles. The van der Waals surface area contributed by atoms with E-state index in [0.717, 1.165) is 13.0 Å². The first-order valence-corrected chi connectivity index (χ1v) is 3.77. The van der Waals surface area contributed by atoms with Crippen LogP contribution in [0.5, 0.6) is 0 Å². The topological polar surface area (TPSA) is 26.3 Å². The average Bonchev–Trinajstić information content (AvgIpc) is 1.82. The van der Waals surface area contributed by atoms with Crippen LogP contribution in [0.15, 0.2) is 0 Å². The van der Waals surface area contributed by atoms with Crippen LogP contribution < -0.4 is 0 Å². The van der Waals surface area contributed by atoms with Crippen molar-refractivity contribution in [2.75, 3.05) is 6.61 Å². The predicted octanol–water partition coefficient (Wildman–Crippen LogP) is 1.78. The number of hydrogen-bond donors (Lipinski definition) is 0. The van der Waals surface area contributed by atoms with Crippen molar-refractivity contribution in [3.05, 3.63) is 0 Å². The van der Waals surface area contributed by atoms with Crippen molar-refractivity contribution in [3.63, 3.8) is 0 Å². The van der Waals surface area contributed by atoms with Crippen LogP contribution in [0.1, 0.15) is 33.6 Å². The number of carbonyl (C=O) groups excluding carboxylic acids is 1. The van der Waals surface area contributed by atoms with Gasteiger partial charge in [0.05, 0.1) is 6.10 Å². The van der Waals surface area contributed by atoms with Crippen molar-refractivity contribution >= 4 is 5.78 Å². The van der Waals surface area contributed by atoms with Crippen LogP contribution in [0.4, 0.5) is 0 Å². The predicted molar refractivity (Wildman–Crippen MR) is 41.0 cm³/mol. The van der Waals surface area contributed by atoms with Gasteiger partial charge in [-0.25, -0.2) is 0 Å². The molecule has 0 bridgehead atoms. The van der Waals surface area contributed by atoms with Gasteiger partial charge >= 0.3 is 0 Å². The fourth-order valence-electron chi connectivity index (χ4n) is 0.783. The minimum Gasteiger partial charge on any atom is -0.378 e. The lowest BCUT2D eigenvalue weighted by atomic mass is 10.2. The Morgan fingerprint density at radius 3 is 2.60 bits per heavy atom. The summed E-state index contributed by atoms with van der Waals surface area (Å²) >= 11 is 0. The molecular weight excluding hydrogens is 128 g/mol. The maximum atomic E-state index is 10.5. The quantitative estimate of drug-likeness (QED) is 0.588. The van der Waals surface area contributed by atoms with E-state index in [1.165, 1.54) is 0 Å². The van der Waals surface area contributed by atoms with Crippen LogP contribution in [0.25, 0.3) is 0 Å². The second-order valence-electron chi connectivity index (χ2n) is 2.59. The molecule has 0 fully saturated rings. The maximum Gasteiger partial charge on any atom is 0.132 e. The van der Waals surface area contributed by atoms with Gasteiger partial charge in [-0.2, -0.15) is 0 Å². The smallest absolute Gasteiger partial charge is 0.132 e. The van der Waals surface area contributed by atoms with E-state index < -0.39 is 0 Å². The minimum atomic E-state index is 0.0949. The van der Waals surface area contributed by atoms with Crippen LogP contribution in [0.3, 0.4) is 0 Å². The van der Waals surface area contributed by atoms with E-state index in [0.29, 0.717) is 6.42 Å². The summed E-state index contributed by atoms with van der Waals surface area (Å²) in [5.41, 5.74) is 0. The first-order chi connectivity index (χ1) is 4.66. The van der Waals surface area contributed by atoms with Crippen molar-refractivity contribution < 1.29 is 9.53 Å². The molecule has 2 nitrogen and oxygen atoms in total. The molecule has 1 atom stereocenters. The van der Waals surface area contributed by atoms with Gasteiger partial charge in [0.15, 0.2) is 0 Å². The molecule has 0 aliphatic rings. The van der Waals surface area contributed by atoms with Gasteiger partial charge in [0.25, 0.3) is 0 Å². The monoisotopic (exact) mass is 144 g/mol. The Hall–Kier alpha value is -0.370. The number of carbonyl (C=O) groups is 1. The fraction of sp³-hybridized carbons (Fsp3) is 0.875. The van der Waals surface area contributed by atoms with Crippen molar-refractivity contribution in [2.45, 2.75) is 39.7 Å². The number of hydrogen-bond acceptors (Lipinski definition) is 2. The molecule has 0 spiro atoms. The van der Waals surface area contributed by atoms with Crippen LogP contribution in [0.2, 0.25) is 0 Å². The third kappa shape index (κ3) is 5.76. The third-order valence-corrected chi connectivity index (χ3v) is 1.18. The molecule has 60 valence electrons. The molecular formula is C8H16O2. The zero-order valence-corrected chi connectivity index (χ0v) is 7.02. The lowest BCUT2D eigenvalue weighted by molar-refractivity contribution is -0.119. The Labute approximate surface area is 62.6 Å². The Balaban J connectivity index is 3.25. The molecule has 0 rings (SSSR count). The lowest BCUT2D eigenvalue weighted by Gasteiger charge is -2.09. The highest BCUT2D eigenvalue weighted by Crippen LogP contribution is 1.98. The summed E-state index contributed by atoms with van der Waals surface area (Å²) in [4.78, 5) is 10.5. The van der Waals surface area contributed by atoms with E-state index in [4.69, 9.17) is 4.74 Å². The highest BCUT2D eigenvalue weighted by Gasteiger charge is 2.03. The molecule has 0 heterocycles. The van der Waals surface area contributed by atoms with Gasteiger partial charge in [-0.05, 0) is 20.3 Å². The Morgan fingerprint density at radius 2 is 2.20 bits per heavy atom. The Morgan fingerprint density at radius 1 is 1.60 bits per heavy atom. The van der Waals surface area contributed by atoms with E-state index in [9.17, 15) is 4.79 Å². The molecule has 0 N–H and O–H groups in total. The van der Waals surface area contributed by atoms with Crippen LogP contribution in [-0.2, 0) is 9.53 Å². The molecule has 0 aromatic heterocycles. The van der Waals surface area contributed by atoms with Gasteiger partial charge < -0.3 is 4.74 Å². The van der Waals surface area contributed by atoms with Crippen LogP contribution in [-0.4, -0.2) is 18.5 Å². The largest absolute Gasteiger partial charge is 0.378 e. The van der Waals surface area contributed by atoms with Crippen molar-refractivity contribution in [1.82, 2.24) is 0 Å². The first-order valence-electron chi connectivity index (χ1n) is 3.77. The summed E-state index contributed by atoms with van der Waals surface area (Å²) in [6.07, 6.45) is 1.65. The molecule has 0 aliphatic carbocycles. The van der Waals surface area contributed by atoms with Gasteiger partial charge in [-0.15, -0.1) is 0 Å². The third-order valence-electron chi connectivity index (χ3n) is 1.18. The highest BCUT2D eigenvalue weighted by molar-refractivity contribution is 5.75. The molecule has 0 aromatic rings. The van der Waals surface area contributed by atoms with Crippen LogP contribution >= 0.6 is 0 Å². The maximum absolute atomic E-state index is 10.5. The summed E-state index contributed by atoms with van der Waals surface area (Å²) in [5, 5.41) is 0. The Bertz CT molecular complexity index is 99.4. The fourth-order valence-corrected chi connectivity index (χ4v) is 0.783. The summed E-state index contributed by atoms with van der Waals surface area (Å²) in [6.45, 7) is 6.33.